The minimum absolute atomic E-state index is 0.0611. The van der Waals surface area contributed by atoms with Gasteiger partial charge in [-0.05, 0) is 12.8 Å². The van der Waals surface area contributed by atoms with Crippen molar-refractivity contribution in [3.63, 3.8) is 0 Å². The summed E-state index contributed by atoms with van der Waals surface area (Å²) >= 11 is 0. The molecule has 1 saturated carbocycles. The van der Waals surface area contributed by atoms with Gasteiger partial charge in [0.25, 0.3) is 0 Å². The number of carbonyl (C=O) groups is 2. The van der Waals surface area contributed by atoms with Gasteiger partial charge >= 0.3 is 5.97 Å². The Hall–Kier alpha value is -1.11. The Kier molecular flexibility index (Phi) is 2.89. The molecule has 0 aromatic carbocycles. The molecule has 1 saturated heterocycles. The molecule has 2 aliphatic rings. The molecule has 0 radical (unpaired) electrons. The Morgan fingerprint density at radius 3 is 2.00 bits per heavy atom. The Labute approximate surface area is 99.5 Å². The van der Waals surface area contributed by atoms with Gasteiger partial charge in [0.15, 0.2) is 9.84 Å². The van der Waals surface area contributed by atoms with Crippen LogP contribution >= 0.6 is 0 Å². The molecule has 1 N–H and O–H groups in total. The molecule has 2 fully saturated rings. The van der Waals surface area contributed by atoms with Crippen LogP contribution in [0.5, 0.6) is 0 Å². The predicted octanol–water partition coefficient (Wildman–Crippen LogP) is -0.502. The van der Waals surface area contributed by atoms with E-state index in [0.29, 0.717) is 12.8 Å². The van der Waals surface area contributed by atoms with Crippen molar-refractivity contribution in [3.8, 4) is 0 Å². The summed E-state index contributed by atoms with van der Waals surface area (Å²) in [5.74, 6) is -1.61. The van der Waals surface area contributed by atoms with Crippen molar-refractivity contribution in [2.45, 2.75) is 19.3 Å². The van der Waals surface area contributed by atoms with Gasteiger partial charge in [0.05, 0.1) is 11.5 Å². The highest BCUT2D eigenvalue weighted by atomic mass is 32.2. The van der Waals surface area contributed by atoms with Crippen molar-refractivity contribution >= 4 is 21.7 Å². The molecule has 7 heteroatoms. The van der Waals surface area contributed by atoms with E-state index in [2.05, 4.69) is 0 Å². The summed E-state index contributed by atoms with van der Waals surface area (Å²) in [7, 11) is -3.04. The SMILES string of the molecule is O=C(O)C1(C(=O)N2CCS(=O)(=O)CC2)CCC1. The van der Waals surface area contributed by atoms with Crippen molar-refractivity contribution in [2.75, 3.05) is 24.6 Å². The van der Waals surface area contributed by atoms with E-state index in [4.69, 9.17) is 5.11 Å². The third-order valence-corrected chi connectivity index (χ3v) is 5.27. The average molecular weight is 261 g/mol. The molecule has 1 aliphatic heterocycles. The van der Waals surface area contributed by atoms with E-state index in [-0.39, 0.29) is 24.6 Å². The molecule has 1 heterocycles. The van der Waals surface area contributed by atoms with E-state index < -0.39 is 27.1 Å². The number of hydrogen-bond donors (Lipinski definition) is 1. The fraction of sp³-hybridized carbons (Fsp3) is 0.800. The lowest BCUT2D eigenvalue weighted by Crippen LogP contribution is -2.55. The van der Waals surface area contributed by atoms with Crippen molar-refractivity contribution in [1.82, 2.24) is 4.90 Å². The number of carbonyl (C=O) groups excluding carboxylic acids is 1. The molecule has 17 heavy (non-hydrogen) atoms. The van der Waals surface area contributed by atoms with Crippen LogP contribution in [0, 0.1) is 5.41 Å². The Bertz CT molecular complexity index is 437. The topological polar surface area (TPSA) is 91.8 Å². The van der Waals surface area contributed by atoms with Gasteiger partial charge in [-0.2, -0.15) is 0 Å². The first-order chi connectivity index (χ1) is 7.87. The fourth-order valence-corrected chi connectivity index (χ4v) is 3.47. The van der Waals surface area contributed by atoms with E-state index in [1.807, 2.05) is 0 Å². The van der Waals surface area contributed by atoms with Crippen LogP contribution in [-0.4, -0.2) is 54.9 Å². The van der Waals surface area contributed by atoms with E-state index >= 15 is 0 Å². The molecule has 0 unspecified atom stereocenters. The summed E-state index contributed by atoms with van der Waals surface area (Å²) in [6.45, 7) is 0.242. The quantitative estimate of drug-likeness (QED) is 0.676. The second-order valence-corrected chi connectivity index (χ2v) is 6.99. The number of hydrogen-bond acceptors (Lipinski definition) is 4. The van der Waals surface area contributed by atoms with Gasteiger partial charge in [-0.15, -0.1) is 0 Å². The van der Waals surface area contributed by atoms with Crippen LogP contribution in [0.15, 0.2) is 0 Å². The molecule has 96 valence electrons. The summed E-state index contributed by atoms with van der Waals surface area (Å²) in [6.07, 6.45) is 1.47. The lowest BCUT2D eigenvalue weighted by Gasteiger charge is -2.40. The number of aliphatic carboxylic acids is 1. The maximum atomic E-state index is 12.1. The molecule has 2 rings (SSSR count). The Balaban J connectivity index is 2.09. The van der Waals surface area contributed by atoms with Gasteiger partial charge in [-0.1, -0.05) is 6.42 Å². The smallest absolute Gasteiger partial charge is 0.319 e. The van der Waals surface area contributed by atoms with Gasteiger partial charge in [-0.3, -0.25) is 9.59 Å². The van der Waals surface area contributed by atoms with E-state index in [9.17, 15) is 18.0 Å². The summed E-state index contributed by atoms with van der Waals surface area (Å²) in [6, 6.07) is 0. The molecule has 1 amide bonds. The average Bonchev–Trinajstić information content (AvgIpc) is 2.14. The number of carboxylic acids is 1. The Morgan fingerprint density at radius 2 is 1.65 bits per heavy atom. The molecule has 0 aromatic rings. The summed E-state index contributed by atoms with van der Waals surface area (Å²) < 4.78 is 22.5. The molecular formula is C10H15NO5S. The minimum atomic E-state index is -3.04. The number of carboxylic acid groups (broad SMARTS) is 1. The third-order valence-electron chi connectivity index (χ3n) is 3.66. The maximum absolute atomic E-state index is 12.1. The predicted molar refractivity (Wildman–Crippen MR) is 59.2 cm³/mol. The van der Waals surface area contributed by atoms with Gasteiger partial charge < -0.3 is 10.0 Å². The second-order valence-electron chi connectivity index (χ2n) is 4.68. The summed E-state index contributed by atoms with van der Waals surface area (Å²) in [4.78, 5) is 24.6. The van der Waals surface area contributed by atoms with Crippen LogP contribution in [0.2, 0.25) is 0 Å². The van der Waals surface area contributed by atoms with Gasteiger partial charge in [0.2, 0.25) is 5.91 Å². The van der Waals surface area contributed by atoms with Crippen LogP contribution < -0.4 is 0 Å². The summed E-state index contributed by atoms with van der Waals surface area (Å²) in [5.41, 5.74) is -1.28. The second kappa shape index (κ2) is 3.97. The van der Waals surface area contributed by atoms with Crippen molar-refractivity contribution in [1.29, 1.82) is 0 Å². The number of nitrogens with zero attached hydrogens (tertiary/aromatic N) is 1. The van der Waals surface area contributed by atoms with Gasteiger partial charge in [0, 0.05) is 13.1 Å². The van der Waals surface area contributed by atoms with Crippen LogP contribution in [0.4, 0.5) is 0 Å². The number of rotatable bonds is 2. The lowest BCUT2D eigenvalue weighted by atomic mass is 9.67. The highest BCUT2D eigenvalue weighted by molar-refractivity contribution is 7.91. The number of sulfone groups is 1. The maximum Gasteiger partial charge on any atom is 0.319 e. The zero-order valence-corrected chi connectivity index (χ0v) is 10.2. The first-order valence-electron chi connectivity index (χ1n) is 5.61. The molecule has 0 aromatic heterocycles. The fourth-order valence-electron chi connectivity index (χ4n) is 2.27. The molecule has 1 aliphatic carbocycles. The minimum Gasteiger partial charge on any atom is -0.480 e. The first-order valence-corrected chi connectivity index (χ1v) is 7.43. The van der Waals surface area contributed by atoms with Crippen molar-refractivity contribution in [3.05, 3.63) is 0 Å². The highest BCUT2D eigenvalue weighted by Crippen LogP contribution is 2.43. The highest BCUT2D eigenvalue weighted by Gasteiger charge is 2.53. The van der Waals surface area contributed by atoms with Crippen LogP contribution in [0.3, 0.4) is 0 Å². The first kappa shape index (κ1) is 12.3. The van der Waals surface area contributed by atoms with E-state index in [1.54, 1.807) is 0 Å². The number of amides is 1. The largest absolute Gasteiger partial charge is 0.480 e. The zero-order chi connectivity index (χ0) is 12.7. The molecule has 6 nitrogen and oxygen atoms in total. The standard InChI is InChI=1S/C10H15NO5S/c12-8(10(9(13)14)2-1-3-10)11-4-6-17(15,16)7-5-11/h1-7H2,(H,13,14). The Morgan fingerprint density at radius 1 is 1.12 bits per heavy atom. The van der Waals surface area contributed by atoms with Crippen LogP contribution in [0.25, 0.3) is 0 Å². The van der Waals surface area contributed by atoms with Crippen LogP contribution in [0.1, 0.15) is 19.3 Å². The lowest BCUT2D eigenvalue weighted by molar-refractivity contribution is -0.167. The summed E-state index contributed by atoms with van der Waals surface area (Å²) in [5, 5.41) is 9.12. The van der Waals surface area contributed by atoms with Crippen molar-refractivity contribution < 1.29 is 23.1 Å². The third kappa shape index (κ3) is 2.03. The molecule has 0 bridgehead atoms. The molecule has 0 atom stereocenters. The van der Waals surface area contributed by atoms with E-state index in [1.165, 1.54) is 4.90 Å². The van der Waals surface area contributed by atoms with Crippen molar-refractivity contribution in [2.24, 2.45) is 5.41 Å². The normalized spacial score (nSPS) is 26.0. The van der Waals surface area contributed by atoms with Gasteiger partial charge in [0.1, 0.15) is 5.41 Å². The van der Waals surface area contributed by atoms with E-state index in [0.717, 1.165) is 6.42 Å². The molecule has 0 spiro atoms. The van der Waals surface area contributed by atoms with Gasteiger partial charge in [-0.25, -0.2) is 8.42 Å². The molecular weight excluding hydrogens is 246 g/mol. The monoisotopic (exact) mass is 261 g/mol. The zero-order valence-electron chi connectivity index (χ0n) is 9.39. The van der Waals surface area contributed by atoms with Crippen LogP contribution in [-0.2, 0) is 19.4 Å².